The Hall–Kier alpha value is -4.08. The van der Waals surface area contributed by atoms with Gasteiger partial charge in [-0.05, 0) is 24.3 Å². The second-order valence-corrected chi connectivity index (χ2v) is 6.14. The molecule has 2 aromatic rings. The Labute approximate surface area is 156 Å². The molecule has 0 spiro atoms. The summed E-state index contributed by atoms with van der Waals surface area (Å²) in [4.78, 5) is 42.6. The Morgan fingerprint density at radius 1 is 1.00 bits per heavy atom. The molecule has 0 fully saturated rings. The van der Waals surface area contributed by atoms with Gasteiger partial charge in [0.05, 0.1) is 4.92 Å². The molecule has 0 aliphatic carbocycles. The van der Waals surface area contributed by atoms with Gasteiger partial charge in [-0.2, -0.15) is 4.98 Å². The Kier molecular flexibility index (Phi) is 3.88. The summed E-state index contributed by atoms with van der Waals surface area (Å²) in [7, 11) is 2.99. The minimum absolute atomic E-state index is 0.0140. The fraction of sp³-hybridized carbons (Fsp3) is 0.111. The number of nitro benzene ring substituents is 1. The number of hydrogen-bond acceptors (Lipinski definition) is 7. The summed E-state index contributed by atoms with van der Waals surface area (Å²) in [6.45, 7) is 0. The monoisotopic (exact) mass is 379 g/mol. The van der Waals surface area contributed by atoms with Crippen LogP contribution in [0.3, 0.4) is 0 Å². The van der Waals surface area contributed by atoms with E-state index in [-0.39, 0.29) is 17.2 Å². The van der Waals surface area contributed by atoms with Crippen LogP contribution in [0, 0.1) is 10.1 Å². The zero-order chi connectivity index (χ0) is 20.0. The molecule has 0 amide bonds. The van der Waals surface area contributed by atoms with Crippen molar-refractivity contribution in [1.29, 1.82) is 0 Å². The van der Waals surface area contributed by atoms with Gasteiger partial charge in [0.25, 0.3) is 11.2 Å². The van der Waals surface area contributed by atoms with Crippen LogP contribution in [0.5, 0.6) is 0 Å². The minimum atomic E-state index is -0.652. The van der Waals surface area contributed by atoms with E-state index >= 15 is 0 Å². The summed E-state index contributed by atoms with van der Waals surface area (Å²) in [6, 6.07) is 9.35. The lowest BCUT2D eigenvalue weighted by atomic mass is 10.1. The van der Waals surface area contributed by atoms with E-state index in [1.165, 1.54) is 23.7 Å². The molecule has 0 saturated heterocycles. The van der Waals surface area contributed by atoms with Crippen LogP contribution in [-0.4, -0.2) is 24.0 Å². The Morgan fingerprint density at radius 2 is 1.68 bits per heavy atom. The topological polar surface area (TPSA) is 126 Å². The quantitative estimate of drug-likeness (QED) is 0.392. The molecule has 10 nitrogen and oxygen atoms in total. The molecule has 3 heterocycles. The molecule has 4 rings (SSSR count). The van der Waals surface area contributed by atoms with Crippen molar-refractivity contribution in [2.45, 2.75) is 0 Å². The molecule has 2 aliphatic rings. The lowest BCUT2D eigenvalue weighted by Crippen LogP contribution is -2.36. The van der Waals surface area contributed by atoms with Crippen molar-refractivity contribution in [3.05, 3.63) is 73.5 Å². The molecule has 1 aromatic heterocycles. The van der Waals surface area contributed by atoms with Gasteiger partial charge in [-0.3, -0.25) is 19.5 Å². The average Bonchev–Trinajstić information content (AvgIpc) is 3.17. The number of furan rings is 1. The molecule has 0 radical (unpaired) electrons. The highest BCUT2D eigenvalue weighted by atomic mass is 16.6. The van der Waals surface area contributed by atoms with Crippen LogP contribution in [0.4, 0.5) is 5.69 Å². The van der Waals surface area contributed by atoms with Gasteiger partial charge in [-0.1, -0.05) is 0 Å². The normalized spacial score (nSPS) is 11.1. The second kappa shape index (κ2) is 6.27. The van der Waals surface area contributed by atoms with Crippen molar-refractivity contribution in [2.75, 3.05) is 0 Å². The van der Waals surface area contributed by atoms with Crippen LogP contribution in [-0.2, 0) is 14.1 Å². The molecule has 0 bridgehead atoms. The van der Waals surface area contributed by atoms with Gasteiger partial charge in [-0.25, -0.2) is 9.78 Å². The summed E-state index contributed by atoms with van der Waals surface area (Å²) in [5.74, 6) is 1.08. The van der Waals surface area contributed by atoms with E-state index in [0.29, 0.717) is 22.8 Å². The van der Waals surface area contributed by atoms with E-state index in [2.05, 4.69) is 9.97 Å². The van der Waals surface area contributed by atoms with Crippen LogP contribution in [0.1, 0.15) is 0 Å². The molecule has 0 unspecified atom stereocenters. The Morgan fingerprint density at radius 3 is 2.36 bits per heavy atom. The Balaban J connectivity index is 1.80. The predicted molar refractivity (Wildman–Crippen MR) is 98.9 cm³/mol. The summed E-state index contributed by atoms with van der Waals surface area (Å²) >= 11 is 0. The zero-order valence-corrected chi connectivity index (χ0v) is 14.8. The Bertz CT molecular complexity index is 1300. The number of hydrogen-bond donors (Lipinski definition) is 0. The number of benzene rings is 1. The van der Waals surface area contributed by atoms with E-state index in [0.717, 1.165) is 4.57 Å². The highest BCUT2D eigenvalue weighted by Crippen LogP contribution is 2.29. The van der Waals surface area contributed by atoms with E-state index in [4.69, 9.17) is 4.42 Å². The van der Waals surface area contributed by atoms with Crippen molar-refractivity contribution < 1.29 is 9.34 Å². The summed E-state index contributed by atoms with van der Waals surface area (Å²) in [6.07, 6.45) is 1.60. The van der Waals surface area contributed by atoms with Gasteiger partial charge in [0.1, 0.15) is 11.5 Å². The van der Waals surface area contributed by atoms with Crippen LogP contribution >= 0.6 is 0 Å². The van der Waals surface area contributed by atoms with Crippen LogP contribution < -0.4 is 11.2 Å². The lowest BCUT2D eigenvalue weighted by molar-refractivity contribution is -0.384. The number of aromatic nitrogens is 4. The van der Waals surface area contributed by atoms with Crippen molar-refractivity contribution in [3.8, 4) is 34.3 Å². The third kappa shape index (κ3) is 2.76. The van der Waals surface area contributed by atoms with Crippen molar-refractivity contribution in [2.24, 2.45) is 14.1 Å². The molecule has 2 aliphatic heterocycles. The van der Waals surface area contributed by atoms with E-state index in [9.17, 15) is 19.7 Å². The number of rotatable bonds is 3. The van der Waals surface area contributed by atoms with Gasteiger partial charge in [0.2, 0.25) is 0 Å². The number of nitro groups is 1. The maximum absolute atomic E-state index is 12.4. The summed E-state index contributed by atoms with van der Waals surface area (Å²) in [5.41, 5.74) is -0.109. The average molecular weight is 379 g/mol. The van der Waals surface area contributed by atoms with E-state index in [1.807, 2.05) is 0 Å². The van der Waals surface area contributed by atoms with Gasteiger partial charge in [0.15, 0.2) is 17.3 Å². The highest BCUT2D eigenvalue weighted by molar-refractivity contribution is 5.65. The van der Waals surface area contributed by atoms with Crippen LogP contribution in [0.15, 0.2) is 56.6 Å². The first kappa shape index (κ1) is 17.3. The van der Waals surface area contributed by atoms with Gasteiger partial charge in [0, 0.05) is 38.0 Å². The number of aryl methyl sites for hydroxylation is 1. The molecular formula is C18H13N5O5. The van der Waals surface area contributed by atoms with E-state index < -0.39 is 16.2 Å². The first-order valence-corrected chi connectivity index (χ1v) is 8.14. The summed E-state index contributed by atoms with van der Waals surface area (Å²) in [5, 5.41) is 10.8. The van der Waals surface area contributed by atoms with Gasteiger partial charge in [-0.15, -0.1) is 0 Å². The summed E-state index contributed by atoms with van der Waals surface area (Å²) < 4.78 is 8.25. The molecule has 10 heteroatoms. The molecular weight excluding hydrogens is 366 g/mol. The molecule has 140 valence electrons. The smallest absolute Gasteiger partial charge is 0.352 e. The predicted octanol–water partition coefficient (Wildman–Crippen LogP) is 1.81. The van der Waals surface area contributed by atoms with E-state index in [1.54, 1.807) is 37.5 Å². The highest BCUT2D eigenvalue weighted by Gasteiger charge is 2.19. The molecule has 0 N–H and O–H groups in total. The SMILES string of the molecule is Cn1cc(-c2ccc(-c3ccc([N+](=O)[O-])cc3)o2)nc2c(=O)n(C)c(=O)nc1-2. The number of fused-ring (bicyclic) bond motifs is 1. The second-order valence-electron chi connectivity index (χ2n) is 6.14. The van der Waals surface area contributed by atoms with Crippen LogP contribution in [0.2, 0.25) is 0 Å². The van der Waals surface area contributed by atoms with Gasteiger partial charge < -0.3 is 8.98 Å². The fourth-order valence-corrected chi connectivity index (χ4v) is 2.79. The van der Waals surface area contributed by atoms with Gasteiger partial charge >= 0.3 is 5.69 Å². The first-order valence-electron chi connectivity index (χ1n) is 8.14. The molecule has 0 saturated carbocycles. The van der Waals surface area contributed by atoms with Crippen molar-refractivity contribution in [3.63, 3.8) is 0 Å². The molecule has 28 heavy (non-hydrogen) atoms. The largest absolute Gasteiger partial charge is 0.454 e. The van der Waals surface area contributed by atoms with Crippen LogP contribution in [0.25, 0.3) is 34.3 Å². The maximum atomic E-state index is 12.4. The van der Waals surface area contributed by atoms with Crippen molar-refractivity contribution >= 4 is 5.69 Å². The zero-order valence-electron chi connectivity index (χ0n) is 14.8. The maximum Gasteiger partial charge on any atom is 0.352 e. The molecule has 0 atom stereocenters. The third-order valence-electron chi connectivity index (χ3n) is 4.31. The number of non-ortho nitro benzene ring substituents is 1. The third-order valence-corrected chi connectivity index (χ3v) is 4.31. The fourth-order valence-electron chi connectivity index (χ4n) is 2.79. The number of nitrogens with zero attached hydrogens (tertiary/aromatic N) is 5. The molecule has 1 aromatic carbocycles. The minimum Gasteiger partial charge on any atom is -0.454 e. The lowest BCUT2D eigenvalue weighted by Gasteiger charge is -2.11. The standard InChI is InChI=1S/C18H13N5O5/c1-21-9-12(19-15-16(21)20-18(25)22(2)17(15)24)14-8-7-13(28-14)10-3-5-11(6-4-10)23(26)27/h3-9H,1-2H3. The first-order chi connectivity index (χ1) is 13.3. The van der Waals surface area contributed by atoms with Crippen molar-refractivity contribution in [1.82, 2.24) is 19.1 Å².